The predicted octanol–water partition coefficient (Wildman–Crippen LogP) is 7.99. The van der Waals surface area contributed by atoms with Gasteiger partial charge in [0.15, 0.2) is 11.8 Å². The van der Waals surface area contributed by atoms with Crippen molar-refractivity contribution in [1.29, 1.82) is 0 Å². The largest absolute Gasteiger partial charge is 0.396 e. The lowest BCUT2D eigenvalue weighted by Crippen LogP contribution is -2.28. The number of anilines is 1. The molecule has 2 aromatic rings. The lowest BCUT2D eigenvalue weighted by atomic mass is 9.95. The Morgan fingerprint density at radius 3 is 1.67 bits per heavy atom. The Labute approximate surface area is 323 Å². The molecule has 0 aliphatic rings. The molecule has 54 heavy (non-hydrogen) atoms. The Balaban J connectivity index is 1.69. The van der Waals surface area contributed by atoms with Crippen molar-refractivity contribution in [2.24, 2.45) is 5.92 Å². The molecule has 2 rings (SSSR count). The first-order chi connectivity index (χ1) is 26.3. The summed E-state index contributed by atoms with van der Waals surface area (Å²) in [7, 11) is 0. The third kappa shape index (κ3) is 20.6. The fourth-order valence-corrected chi connectivity index (χ4v) is 6.74. The highest BCUT2D eigenvalue weighted by molar-refractivity contribution is 5.76. The van der Waals surface area contributed by atoms with Crippen molar-refractivity contribution in [3.05, 3.63) is 16.7 Å². The van der Waals surface area contributed by atoms with E-state index < -0.39 is 23.8 Å². The van der Waals surface area contributed by atoms with Crippen molar-refractivity contribution >= 4 is 29.1 Å². The van der Waals surface area contributed by atoms with Gasteiger partial charge in [0, 0.05) is 25.9 Å². The van der Waals surface area contributed by atoms with Gasteiger partial charge >= 0.3 is 17.5 Å². The molecule has 2 atom stereocenters. The second-order valence-corrected chi connectivity index (χ2v) is 14.9. The first-order valence-electron chi connectivity index (χ1n) is 21.4. The average molecular weight is 764 g/mol. The molecule has 310 valence electrons. The zero-order valence-electron chi connectivity index (χ0n) is 33.7. The van der Waals surface area contributed by atoms with Gasteiger partial charge in [-0.3, -0.25) is 4.79 Å². The Hall–Kier alpha value is -3.03. The number of imidazole rings is 1. The van der Waals surface area contributed by atoms with Crippen LogP contribution in [-0.4, -0.2) is 61.1 Å². The summed E-state index contributed by atoms with van der Waals surface area (Å²) < 4.78 is 7.47. The number of unbranched alkanes of at least 4 members (excludes halogenated alkanes) is 20. The molecule has 4 N–H and O–H groups in total. The summed E-state index contributed by atoms with van der Waals surface area (Å²) in [6.07, 6.45) is 29.2. The van der Waals surface area contributed by atoms with Crippen molar-refractivity contribution in [3.8, 4) is 0 Å². The third-order valence-corrected chi connectivity index (χ3v) is 10.0. The van der Waals surface area contributed by atoms with E-state index in [1.165, 1.54) is 96.2 Å². The van der Waals surface area contributed by atoms with Gasteiger partial charge in [-0.2, -0.15) is 9.71 Å². The van der Waals surface area contributed by atoms with Gasteiger partial charge in [0.1, 0.15) is 6.33 Å². The van der Waals surface area contributed by atoms with Crippen LogP contribution in [0.3, 0.4) is 0 Å². The average Bonchev–Trinajstić information content (AvgIpc) is 3.57. The molecule has 0 radical (unpaired) electrons. The number of ether oxygens (including phenoxy) is 1. The zero-order chi connectivity index (χ0) is 39.2. The highest BCUT2D eigenvalue weighted by Crippen LogP contribution is 2.21. The molecule has 13 nitrogen and oxygen atoms in total. The molecule has 0 aliphatic carbocycles. The number of nitrogens with two attached hydrogens (primary N) is 1. The third-order valence-electron chi connectivity index (χ3n) is 10.0. The highest BCUT2D eigenvalue weighted by Gasteiger charge is 2.20. The maximum absolute atomic E-state index is 12.7. The zero-order valence-corrected chi connectivity index (χ0v) is 33.7. The van der Waals surface area contributed by atoms with Crippen LogP contribution in [0.4, 0.5) is 5.95 Å². The summed E-state index contributed by atoms with van der Waals surface area (Å²) >= 11 is 0. The van der Waals surface area contributed by atoms with E-state index in [9.17, 15) is 19.5 Å². The minimum Gasteiger partial charge on any atom is -0.396 e. The molecule has 0 fully saturated rings. The van der Waals surface area contributed by atoms with E-state index in [1.807, 2.05) is 0 Å². The van der Waals surface area contributed by atoms with Crippen molar-refractivity contribution in [2.45, 2.75) is 200 Å². The van der Waals surface area contributed by atoms with E-state index in [2.05, 4.69) is 23.8 Å². The molecule has 0 bridgehead atoms. The Kier molecular flexibility index (Phi) is 26.4. The SMILES string of the molecule is CCCCCCCCCCCCCCCC(=O)On1cnc2c1c(=O)nc(N)n2OC(=O)CCCCCCCC(CCCCCCC)COC(O)CCO. The Bertz CT molecular complexity index is 1330. The van der Waals surface area contributed by atoms with Gasteiger partial charge in [0.05, 0.1) is 6.61 Å². The number of nitrogen functional groups attached to an aromatic ring is 1. The number of nitrogens with zero attached hydrogens (tertiary/aromatic N) is 4. The standard InChI is InChI=1S/C41H73N5O8/c1-3-5-7-9-10-11-12-13-14-15-16-20-24-28-36(49)53-45-33-43-39-38(45)40(51)44-41(42)46(39)54-37(50)29-25-21-17-19-23-27-34(26-22-18-8-6-4-2)32-52-35(48)30-31-47/h33-35,47-48H,3-32H2,1-2H3,(H2,42,44,51). The topological polar surface area (TPSA) is 181 Å². The van der Waals surface area contributed by atoms with Crippen LogP contribution in [0, 0.1) is 5.92 Å². The summed E-state index contributed by atoms with van der Waals surface area (Å²) in [6.45, 7) is 4.85. The van der Waals surface area contributed by atoms with Crippen LogP contribution in [0.15, 0.2) is 11.1 Å². The number of carbonyl (C=O) groups is 2. The van der Waals surface area contributed by atoms with Crippen LogP contribution in [0.2, 0.25) is 0 Å². The van der Waals surface area contributed by atoms with E-state index in [-0.39, 0.29) is 43.0 Å². The molecule has 0 saturated heterocycles. The fourth-order valence-electron chi connectivity index (χ4n) is 6.74. The van der Waals surface area contributed by atoms with Gasteiger partial charge in [0.25, 0.3) is 0 Å². The van der Waals surface area contributed by atoms with Crippen molar-refractivity contribution in [2.75, 3.05) is 18.9 Å². The Morgan fingerprint density at radius 1 is 0.704 bits per heavy atom. The van der Waals surface area contributed by atoms with E-state index in [1.54, 1.807) is 0 Å². The fraction of sp³-hybridized carbons (Fsp3) is 0.829. The summed E-state index contributed by atoms with van der Waals surface area (Å²) in [4.78, 5) is 56.7. The van der Waals surface area contributed by atoms with E-state index in [0.717, 1.165) is 67.2 Å². The molecule has 13 heteroatoms. The molecule has 0 amide bonds. The maximum Gasteiger partial charge on any atom is 0.333 e. The molecular formula is C41H73N5O8. The van der Waals surface area contributed by atoms with Gasteiger partial charge in [-0.05, 0) is 31.6 Å². The molecule has 0 aliphatic heterocycles. The van der Waals surface area contributed by atoms with Crippen molar-refractivity contribution < 1.29 is 34.2 Å². The molecular weight excluding hydrogens is 690 g/mol. The second-order valence-electron chi connectivity index (χ2n) is 14.9. The number of aliphatic hydroxyl groups is 2. The molecule has 2 unspecified atom stereocenters. The summed E-state index contributed by atoms with van der Waals surface area (Å²) in [6, 6.07) is 0. The number of aromatic nitrogens is 4. The maximum atomic E-state index is 12.7. The van der Waals surface area contributed by atoms with Gasteiger partial charge in [-0.25, -0.2) is 14.6 Å². The lowest BCUT2D eigenvalue weighted by Gasteiger charge is -2.19. The number of hydrogen-bond acceptors (Lipinski definition) is 11. The van der Waals surface area contributed by atoms with E-state index in [0.29, 0.717) is 25.4 Å². The summed E-state index contributed by atoms with van der Waals surface area (Å²) in [5.41, 5.74) is 5.00. The molecule has 2 aromatic heterocycles. The summed E-state index contributed by atoms with van der Waals surface area (Å²) in [5.74, 6) is -0.971. The van der Waals surface area contributed by atoms with Crippen molar-refractivity contribution in [1.82, 2.24) is 19.4 Å². The normalized spacial score (nSPS) is 12.7. The number of aliphatic hydroxyl groups excluding tert-OH is 2. The monoisotopic (exact) mass is 764 g/mol. The first kappa shape index (κ1) is 47.1. The number of rotatable bonds is 35. The number of carbonyl (C=O) groups excluding carboxylic acids is 2. The van der Waals surface area contributed by atoms with Crippen LogP contribution in [0.25, 0.3) is 11.2 Å². The minimum absolute atomic E-state index is 0.0533. The minimum atomic E-state index is -0.923. The molecule has 2 heterocycles. The first-order valence-corrected chi connectivity index (χ1v) is 21.4. The lowest BCUT2D eigenvalue weighted by molar-refractivity contribution is -0.145. The highest BCUT2D eigenvalue weighted by atomic mass is 16.7. The second kappa shape index (κ2) is 30.2. The number of hydrogen-bond donors (Lipinski definition) is 3. The van der Waals surface area contributed by atoms with Gasteiger partial charge in [-0.1, -0.05) is 149 Å². The Morgan fingerprint density at radius 2 is 1.17 bits per heavy atom. The molecule has 0 spiro atoms. The van der Waals surface area contributed by atoms with Crippen molar-refractivity contribution in [3.63, 3.8) is 0 Å². The van der Waals surface area contributed by atoms with E-state index in [4.69, 9.17) is 25.3 Å². The smallest absolute Gasteiger partial charge is 0.333 e. The molecule has 0 saturated carbocycles. The van der Waals surface area contributed by atoms with Crippen LogP contribution in [0.5, 0.6) is 0 Å². The predicted molar refractivity (Wildman–Crippen MR) is 213 cm³/mol. The van der Waals surface area contributed by atoms with Gasteiger partial charge in [0.2, 0.25) is 11.6 Å². The van der Waals surface area contributed by atoms with Gasteiger partial charge in [-0.15, -0.1) is 4.73 Å². The van der Waals surface area contributed by atoms with Crippen LogP contribution < -0.4 is 21.0 Å². The van der Waals surface area contributed by atoms with Crippen LogP contribution >= 0.6 is 0 Å². The quantitative estimate of drug-likeness (QED) is 0.0457. The summed E-state index contributed by atoms with van der Waals surface area (Å²) in [5, 5.41) is 18.9. The van der Waals surface area contributed by atoms with Crippen LogP contribution in [0.1, 0.15) is 194 Å². The van der Waals surface area contributed by atoms with Crippen LogP contribution in [-0.2, 0) is 14.3 Å². The number of fused-ring (bicyclic) bond motifs is 1. The molecule has 0 aromatic carbocycles. The van der Waals surface area contributed by atoms with E-state index >= 15 is 0 Å². The van der Waals surface area contributed by atoms with Gasteiger partial charge < -0.3 is 30.4 Å².